The number of hydrogen-bond acceptors (Lipinski definition) is 5. The summed E-state index contributed by atoms with van der Waals surface area (Å²) in [5, 5.41) is 11.9. The van der Waals surface area contributed by atoms with Crippen LogP contribution in [0, 0.1) is 0 Å². The molecule has 6 heteroatoms. The van der Waals surface area contributed by atoms with Gasteiger partial charge in [0.05, 0.1) is 6.54 Å². The van der Waals surface area contributed by atoms with E-state index in [2.05, 4.69) is 27.6 Å². The van der Waals surface area contributed by atoms with E-state index in [0.29, 0.717) is 5.13 Å². The number of nitrogens with one attached hydrogen (secondary N) is 1. The van der Waals surface area contributed by atoms with Gasteiger partial charge < -0.3 is 5.73 Å². The quantitative estimate of drug-likeness (QED) is 0.849. The number of rotatable bonds is 5. The Morgan fingerprint density at radius 1 is 1.22 bits per heavy atom. The van der Waals surface area contributed by atoms with E-state index in [4.69, 9.17) is 5.73 Å². The van der Waals surface area contributed by atoms with E-state index < -0.39 is 0 Å². The Morgan fingerprint density at radius 2 is 2.00 bits per heavy atom. The van der Waals surface area contributed by atoms with Crippen molar-refractivity contribution in [2.24, 2.45) is 5.73 Å². The van der Waals surface area contributed by atoms with Crippen molar-refractivity contribution in [1.29, 1.82) is 0 Å². The molecule has 0 fully saturated rings. The number of benzene rings is 1. The van der Waals surface area contributed by atoms with E-state index in [0.717, 1.165) is 17.8 Å². The number of carbonyl (C=O) groups excluding carboxylic acids is 1. The van der Waals surface area contributed by atoms with E-state index in [9.17, 15) is 4.79 Å². The number of amides is 1. The molecule has 0 aliphatic heterocycles. The van der Waals surface area contributed by atoms with Crippen LogP contribution in [0.25, 0.3) is 0 Å². The maximum atomic E-state index is 11.1. The van der Waals surface area contributed by atoms with Gasteiger partial charge >= 0.3 is 0 Å². The Bertz CT molecular complexity index is 512. The zero-order chi connectivity index (χ0) is 12.8. The molecular formula is C12H14N4OS. The molecular weight excluding hydrogens is 248 g/mol. The molecule has 0 saturated carbocycles. The Balaban J connectivity index is 1.89. The highest BCUT2D eigenvalue weighted by Gasteiger charge is 2.06. The second-order valence-corrected chi connectivity index (χ2v) is 4.80. The van der Waals surface area contributed by atoms with Crippen molar-refractivity contribution in [3.05, 3.63) is 40.9 Å². The molecule has 2 aromatic rings. The van der Waals surface area contributed by atoms with Crippen molar-refractivity contribution in [2.45, 2.75) is 12.8 Å². The van der Waals surface area contributed by atoms with Crippen molar-refractivity contribution in [3.8, 4) is 0 Å². The normalized spacial score (nSPS) is 10.3. The molecule has 1 aromatic heterocycles. The predicted octanol–water partition coefficient (Wildman–Crippen LogP) is 1.22. The number of anilines is 1. The smallest absolute Gasteiger partial charge is 0.239 e. The standard InChI is InChI=1S/C12H14N4OS/c13-8-10(17)14-12-16-15-11(18-12)7-6-9-4-2-1-3-5-9/h1-5H,6-8,13H2,(H,14,16,17). The van der Waals surface area contributed by atoms with Crippen molar-refractivity contribution in [3.63, 3.8) is 0 Å². The van der Waals surface area contributed by atoms with Crippen molar-refractivity contribution in [1.82, 2.24) is 10.2 Å². The molecule has 0 bridgehead atoms. The third kappa shape index (κ3) is 3.61. The first-order valence-corrected chi connectivity index (χ1v) is 6.46. The molecule has 3 N–H and O–H groups in total. The highest BCUT2D eigenvalue weighted by molar-refractivity contribution is 7.15. The number of hydrogen-bond donors (Lipinski definition) is 2. The highest BCUT2D eigenvalue weighted by atomic mass is 32.1. The molecule has 0 atom stereocenters. The number of aryl methyl sites for hydroxylation is 2. The fraction of sp³-hybridized carbons (Fsp3) is 0.250. The molecule has 0 aliphatic rings. The first kappa shape index (κ1) is 12.7. The summed E-state index contributed by atoms with van der Waals surface area (Å²) < 4.78 is 0. The lowest BCUT2D eigenvalue weighted by atomic mass is 10.1. The molecule has 0 radical (unpaired) electrons. The van der Waals surface area contributed by atoms with Crippen LogP contribution in [0.15, 0.2) is 30.3 Å². The van der Waals surface area contributed by atoms with Gasteiger partial charge in [-0.1, -0.05) is 41.7 Å². The number of aromatic nitrogens is 2. The van der Waals surface area contributed by atoms with Gasteiger partial charge in [0.25, 0.3) is 0 Å². The molecule has 2 rings (SSSR count). The number of carbonyl (C=O) groups is 1. The third-order valence-electron chi connectivity index (χ3n) is 2.37. The fourth-order valence-corrected chi connectivity index (χ4v) is 2.23. The SMILES string of the molecule is NCC(=O)Nc1nnc(CCc2ccccc2)s1. The maximum absolute atomic E-state index is 11.1. The average Bonchev–Trinajstić information content (AvgIpc) is 2.85. The van der Waals surface area contributed by atoms with E-state index in [1.807, 2.05) is 18.2 Å². The van der Waals surface area contributed by atoms with Crippen LogP contribution in [0.3, 0.4) is 0 Å². The molecule has 0 saturated heterocycles. The largest absolute Gasteiger partial charge is 0.322 e. The van der Waals surface area contributed by atoms with Crippen molar-refractivity contribution < 1.29 is 4.79 Å². The molecule has 5 nitrogen and oxygen atoms in total. The van der Waals surface area contributed by atoms with Gasteiger partial charge in [-0.2, -0.15) is 0 Å². The summed E-state index contributed by atoms with van der Waals surface area (Å²) in [4.78, 5) is 11.1. The van der Waals surface area contributed by atoms with Gasteiger partial charge in [0.1, 0.15) is 5.01 Å². The van der Waals surface area contributed by atoms with Gasteiger partial charge in [0.2, 0.25) is 11.0 Å². The highest BCUT2D eigenvalue weighted by Crippen LogP contribution is 2.16. The summed E-state index contributed by atoms with van der Waals surface area (Å²) in [5.41, 5.74) is 6.47. The van der Waals surface area contributed by atoms with Crippen LogP contribution in [-0.2, 0) is 17.6 Å². The van der Waals surface area contributed by atoms with Crippen LogP contribution < -0.4 is 11.1 Å². The Morgan fingerprint density at radius 3 is 2.72 bits per heavy atom. The third-order valence-corrected chi connectivity index (χ3v) is 3.27. The summed E-state index contributed by atoms with van der Waals surface area (Å²) in [6.45, 7) is -0.0427. The van der Waals surface area contributed by atoms with Crippen LogP contribution in [0.2, 0.25) is 0 Å². The van der Waals surface area contributed by atoms with Crippen LogP contribution in [0.5, 0.6) is 0 Å². The zero-order valence-electron chi connectivity index (χ0n) is 9.80. The summed E-state index contributed by atoms with van der Waals surface area (Å²) in [6, 6.07) is 10.2. The fourth-order valence-electron chi connectivity index (χ4n) is 1.47. The van der Waals surface area contributed by atoms with Crippen LogP contribution in [0.4, 0.5) is 5.13 Å². The number of nitrogens with zero attached hydrogens (tertiary/aromatic N) is 2. The Hall–Kier alpha value is -1.79. The molecule has 1 amide bonds. The summed E-state index contributed by atoms with van der Waals surface area (Å²) in [5.74, 6) is -0.249. The van der Waals surface area contributed by atoms with Gasteiger partial charge in [-0.3, -0.25) is 10.1 Å². The number of nitrogens with two attached hydrogens (primary N) is 1. The lowest BCUT2D eigenvalue weighted by Crippen LogP contribution is -2.21. The first-order valence-electron chi connectivity index (χ1n) is 5.64. The lowest BCUT2D eigenvalue weighted by Gasteiger charge is -1.97. The van der Waals surface area contributed by atoms with E-state index >= 15 is 0 Å². The van der Waals surface area contributed by atoms with E-state index in [1.54, 1.807) is 0 Å². The van der Waals surface area contributed by atoms with Crippen LogP contribution in [0.1, 0.15) is 10.6 Å². The van der Waals surface area contributed by atoms with Gasteiger partial charge in [-0.25, -0.2) is 0 Å². The lowest BCUT2D eigenvalue weighted by molar-refractivity contribution is -0.114. The van der Waals surface area contributed by atoms with Gasteiger partial charge in [-0.15, -0.1) is 10.2 Å². The minimum absolute atomic E-state index is 0.0427. The van der Waals surface area contributed by atoms with E-state index in [1.165, 1.54) is 16.9 Å². The minimum atomic E-state index is -0.249. The molecule has 1 heterocycles. The monoisotopic (exact) mass is 262 g/mol. The summed E-state index contributed by atoms with van der Waals surface area (Å²) >= 11 is 1.39. The van der Waals surface area contributed by atoms with Crippen LogP contribution in [-0.4, -0.2) is 22.6 Å². The minimum Gasteiger partial charge on any atom is -0.322 e. The average molecular weight is 262 g/mol. The maximum Gasteiger partial charge on any atom is 0.239 e. The van der Waals surface area contributed by atoms with Gasteiger partial charge in [0, 0.05) is 6.42 Å². The molecule has 18 heavy (non-hydrogen) atoms. The molecule has 1 aromatic carbocycles. The first-order chi connectivity index (χ1) is 8.78. The second-order valence-electron chi connectivity index (χ2n) is 3.74. The van der Waals surface area contributed by atoms with E-state index in [-0.39, 0.29) is 12.5 Å². The molecule has 0 aliphatic carbocycles. The second kappa shape index (κ2) is 6.23. The predicted molar refractivity (Wildman–Crippen MR) is 71.4 cm³/mol. The molecule has 0 unspecified atom stereocenters. The summed E-state index contributed by atoms with van der Waals surface area (Å²) in [7, 11) is 0. The van der Waals surface area contributed by atoms with Gasteiger partial charge in [-0.05, 0) is 12.0 Å². The van der Waals surface area contributed by atoms with Crippen molar-refractivity contribution in [2.75, 3.05) is 11.9 Å². The zero-order valence-corrected chi connectivity index (χ0v) is 10.6. The molecule has 0 spiro atoms. The molecule has 94 valence electrons. The van der Waals surface area contributed by atoms with Crippen molar-refractivity contribution >= 4 is 22.4 Å². The van der Waals surface area contributed by atoms with Crippen LogP contribution >= 0.6 is 11.3 Å². The topological polar surface area (TPSA) is 80.9 Å². The summed E-state index contributed by atoms with van der Waals surface area (Å²) in [6.07, 6.45) is 1.74. The Labute approximate surface area is 109 Å². The van der Waals surface area contributed by atoms with Gasteiger partial charge in [0.15, 0.2) is 0 Å². The Kier molecular flexibility index (Phi) is 4.38.